The van der Waals surface area contributed by atoms with E-state index in [2.05, 4.69) is 32.6 Å². The third-order valence-electron chi connectivity index (χ3n) is 3.83. The summed E-state index contributed by atoms with van der Waals surface area (Å²) in [6.07, 6.45) is 0.968. The predicted molar refractivity (Wildman–Crippen MR) is 88.4 cm³/mol. The number of carbonyl (C=O) groups is 1. The minimum atomic E-state index is -0.284. The Labute approximate surface area is 132 Å². The van der Waals surface area contributed by atoms with Crippen LogP contribution in [0.2, 0.25) is 0 Å². The lowest BCUT2D eigenvalue weighted by molar-refractivity contribution is -0.118. The minimum absolute atomic E-state index is 0.0108. The van der Waals surface area contributed by atoms with Crippen LogP contribution in [-0.2, 0) is 11.2 Å². The van der Waals surface area contributed by atoms with Gasteiger partial charge in [-0.15, -0.1) is 0 Å². The van der Waals surface area contributed by atoms with Gasteiger partial charge in [-0.25, -0.2) is 0 Å². The van der Waals surface area contributed by atoms with Crippen molar-refractivity contribution in [1.29, 1.82) is 0 Å². The first-order valence-corrected chi connectivity index (χ1v) is 7.82. The fraction of sp³-hybridized carbons (Fsp3) is 0.235. The molecule has 0 radical (unpaired) electrons. The minimum Gasteiger partial charge on any atom is -0.324 e. The Hall–Kier alpha value is -1.65. The van der Waals surface area contributed by atoms with Crippen molar-refractivity contribution in [3.63, 3.8) is 0 Å². The molecule has 0 saturated heterocycles. The maximum atomic E-state index is 12.6. The molecule has 0 bridgehead atoms. The van der Waals surface area contributed by atoms with E-state index in [0.29, 0.717) is 0 Å². The number of anilines is 1. The first-order valence-electron chi connectivity index (χ1n) is 7.03. The van der Waals surface area contributed by atoms with Gasteiger partial charge in [0, 0.05) is 16.7 Å². The summed E-state index contributed by atoms with van der Waals surface area (Å²) < 4.78 is 0.959. The quantitative estimate of drug-likeness (QED) is 0.874. The third-order valence-corrected chi connectivity index (χ3v) is 4.32. The molecule has 2 N–H and O–H groups in total. The predicted octanol–water partition coefficient (Wildman–Crippen LogP) is 3.58. The van der Waals surface area contributed by atoms with E-state index in [-0.39, 0.29) is 11.9 Å². The van der Waals surface area contributed by atoms with E-state index in [1.54, 1.807) is 0 Å². The van der Waals surface area contributed by atoms with Gasteiger partial charge in [-0.1, -0.05) is 46.3 Å². The van der Waals surface area contributed by atoms with Gasteiger partial charge >= 0.3 is 0 Å². The average Bonchev–Trinajstić information content (AvgIpc) is 2.50. The molecule has 1 unspecified atom stereocenters. The number of aryl methyl sites for hydroxylation is 1. The zero-order valence-electron chi connectivity index (χ0n) is 11.8. The summed E-state index contributed by atoms with van der Waals surface area (Å²) in [7, 11) is 0. The zero-order valence-corrected chi connectivity index (χ0v) is 13.4. The summed E-state index contributed by atoms with van der Waals surface area (Å²) >= 11 is 3.44. The molecule has 1 aliphatic heterocycles. The molecule has 0 saturated carbocycles. The molecule has 2 aromatic rings. The Morgan fingerprint density at radius 3 is 2.95 bits per heavy atom. The molecule has 1 aliphatic rings. The van der Waals surface area contributed by atoms with Crippen molar-refractivity contribution >= 4 is 27.5 Å². The maximum Gasteiger partial charge on any atom is 0.246 e. The van der Waals surface area contributed by atoms with Crippen molar-refractivity contribution in [2.24, 2.45) is 0 Å². The smallest absolute Gasteiger partial charge is 0.246 e. The van der Waals surface area contributed by atoms with E-state index < -0.39 is 0 Å². The molecule has 1 amide bonds. The highest BCUT2D eigenvalue weighted by Gasteiger charge is 2.25. The fourth-order valence-corrected chi connectivity index (χ4v) is 3.03. The number of nitrogens with one attached hydrogen (secondary N) is 2. The Bertz CT molecular complexity index is 684. The molecular formula is C17H17BrN2O. The van der Waals surface area contributed by atoms with Gasteiger partial charge < -0.3 is 10.6 Å². The molecule has 3 nitrogen and oxygen atoms in total. The summed E-state index contributed by atoms with van der Waals surface area (Å²) in [6.45, 7) is 2.82. The van der Waals surface area contributed by atoms with E-state index in [1.165, 1.54) is 5.56 Å². The van der Waals surface area contributed by atoms with Crippen molar-refractivity contribution in [2.75, 3.05) is 11.9 Å². The van der Waals surface area contributed by atoms with Gasteiger partial charge in [-0.2, -0.15) is 0 Å². The van der Waals surface area contributed by atoms with Crippen LogP contribution in [0.3, 0.4) is 0 Å². The molecule has 0 aromatic heterocycles. The van der Waals surface area contributed by atoms with Crippen molar-refractivity contribution in [3.05, 3.63) is 63.6 Å². The number of rotatable bonds is 2. The van der Waals surface area contributed by atoms with Crippen LogP contribution in [0.25, 0.3) is 0 Å². The van der Waals surface area contributed by atoms with Gasteiger partial charge in [0.1, 0.15) is 6.04 Å². The molecule has 1 atom stereocenters. The number of benzene rings is 2. The normalized spacial score (nSPS) is 17.1. The second-order valence-corrected chi connectivity index (χ2v) is 6.20. The number of hydrogen-bond donors (Lipinski definition) is 2. The molecule has 108 valence electrons. The number of halogens is 1. The van der Waals surface area contributed by atoms with Gasteiger partial charge in [-0.05, 0) is 42.2 Å². The average molecular weight is 345 g/mol. The molecule has 1 heterocycles. The molecule has 0 spiro atoms. The van der Waals surface area contributed by atoms with Crippen molar-refractivity contribution in [1.82, 2.24) is 5.32 Å². The molecular weight excluding hydrogens is 328 g/mol. The first kappa shape index (κ1) is 14.3. The maximum absolute atomic E-state index is 12.6. The molecule has 3 rings (SSSR count). The van der Waals surface area contributed by atoms with E-state index in [9.17, 15) is 4.79 Å². The molecule has 0 fully saturated rings. The number of hydrogen-bond acceptors (Lipinski definition) is 2. The monoisotopic (exact) mass is 344 g/mol. The highest BCUT2D eigenvalue weighted by atomic mass is 79.9. The van der Waals surface area contributed by atoms with Crippen molar-refractivity contribution in [3.8, 4) is 0 Å². The van der Waals surface area contributed by atoms with E-state index in [0.717, 1.165) is 34.3 Å². The molecule has 21 heavy (non-hydrogen) atoms. The van der Waals surface area contributed by atoms with E-state index >= 15 is 0 Å². The van der Waals surface area contributed by atoms with Gasteiger partial charge in [-0.3, -0.25) is 4.79 Å². The lowest BCUT2D eigenvalue weighted by Gasteiger charge is -2.26. The number of amides is 1. The summed E-state index contributed by atoms with van der Waals surface area (Å²) in [5.74, 6) is -0.0108. The topological polar surface area (TPSA) is 41.1 Å². The number of fused-ring (bicyclic) bond motifs is 1. The molecule has 0 aliphatic carbocycles. The lowest BCUT2D eigenvalue weighted by atomic mass is 9.94. The lowest BCUT2D eigenvalue weighted by Crippen LogP contribution is -2.38. The van der Waals surface area contributed by atoms with Crippen molar-refractivity contribution < 1.29 is 4.79 Å². The van der Waals surface area contributed by atoms with Gasteiger partial charge in [0.25, 0.3) is 0 Å². The Morgan fingerprint density at radius 2 is 2.10 bits per heavy atom. The summed E-state index contributed by atoms with van der Waals surface area (Å²) in [5.41, 5.74) is 4.23. The third kappa shape index (κ3) is 3.01. The Morgan fingerprint density at radius 1 is 1.29 bits per heavy atom. The van der Waals surface area contributed by atoms with Gasteiger partial charge in [0.2, 0.25) is 5.91 Å². The standard InChI is InChI=1S/C17H17BrN2O/c1-11-6-7-13(18)10-15(11)20-17(21)16-14-5-3-2-4-12(14)8-9-19-16/h2-7,10,16,19H,8-9H2,1H3,(H,20,21). The van der Waals surface area contributed by atoms with Crippen LogP contribution in [0.5, 0.6) is 0 Å². The molecule has 2 aromatic carbocycles. The Kier molecular flexibility index (Phi) is 4.08. The van der Waals surface area contributed by atoms with Crippen LogP contribution < -0.4 is 10.6 Å². The number of carbonyl (C=O) groups excluding carboxylic acids is 1. The van der Waals surface area contributed by atoms with Gasteiger partial charge in [0.05, 0.1) is 0 Å². The van der Waals surface area contributed by atoms with Crippen LogP contribution in [0.15, 0.2) is 46.9 Å². The second kappa shape index (κ2) is 6.00. The van der Waals surface area contributed by atoms with Crippen LogP contribution in [0.4, 0.5) is 5.69 Å². The largest absolute Gasteiger partial charge is 0.324 e. The summed E-state index contributed by atoms with van der Waals surface area (Å²) in [6, 6.07) is 13.7. The highest BCUT2D eigenvalue weighted by Crippen LogP contribution is 2.26. The van der Waals surface area contributed by atoms with E-state index in [1.807, 2.05) is 43.3 Å². The SMILES string of the molecule is Cc1ccc(Br)cc1NC(=O)C1NCCc2ccccc21. The van der Waals surface area contributed by atoms with Gasteiger partial charge in [0.15, 0.2) is 0 Å². The molecule has 4 heteroatoms. The summed E-state index contributed by atoms with van der Waals surface area (Å²) in [5, 5.41) is 6.34. The van der Waals surface area contributed by atoms with E-state index in [4.69, 9.17) is 0 Å². The first-order chi connectivity index (χ1) is 10.1. The van der Waals surface area contributed by atoms with Crippen molar-refractivity contribution in [2.45, 2.75) is 19.4 Å². The zero-order chi connectivity index (χ0) is 14.8. The Balaban J connectivity index is 1.85. The second-order valence-electron chi connectivity index (χ2n) is 5.28. The van der Waals surface area contributed by atoms with Crippen LogP contribution >= 0.6 is 15.9 Å². The summed E-state index contributed by atoms with van der Waals surface area (Å²) in [4.78, 5) is 12.6. The highest BCUT2D eigenvalue weighted by molar-refractivity contribution is 9.10. The van der Waals surface area contributed by atoms with Crippen LogP contribution in [0.1, 0.15) is 22.7 Å². The van der Waals surface area contributed by atoms with Crippen LogP contribution in [0, 0.1) is 6.92 Å². The fourth-order valence-electron chi connectivity index (χ4n) is 2.67. The van der Waals surface area contributed by atoms with Crippen LogP contribution in [-0.4, -0.2) is 12.5 Å².